The zero-order valence-electron chi connectivity index (χ0n) is 20.9. The van der Waals surface area contributed by atoms with Crippen LogP contribution in [-0.2, 0) is 17.8 Å². The summed E-state index contributed by atoms with van der Waals surface area (Å²) < 4.78 is 27.9. The monoisotopic (exact) mass is 492 g/mol. The van der Waals surface area contributed by atoms with Gasteiger partial charge in [-0.15, -0.1) is 0 Å². The van der Waals surface area contributed by atoms with E-state index in [2.05, 4.69) is 4.98 Å². The maximum absolute atomic E-state index is 13.9. The highest BCUT2D eigenvalue weighted by Gasteiger charge is 2.25. The Bertz CT molecular complexity index is 1150. The van der Waals surface area contributed by atoms with Gasteiger partial charge < -0.3 is 28.6 Å². The first-order valence-corrected chi connectivity index (χ1v) is 11.9. The smallest absolute Gasteiger partial charge is 0.258 e. The highest BCUT2D eigenvalue weighted by molar-refractivity contribution is 5.98. The van der Waals surface area contributed by atoms with Crippen molar-refractivity contribution in [3.05, 3.63) is 77.6 Å². The van der Waals surface area contributed by atoms with E-state index in [4.69, 9.17) is 23.7 Å². The second-order valence-corrected chi connectivity index (χ2v) is 8.55. The largest absolute Gasteiger partial charge is 0.493 e. The van der Waals surface area contributed by atoms with Crippen molar-refractivity contribution in [2.24, 2.45) is 5.92 Å². The van der Waals surface area contributed by atoms with Gasteiger partial charge in [0.25, 0.3) is 5.91 Å². The van der Waals surface area contributed by atoms with Crippen LogP contribution in [0.25, 0.3) is 0 Å². The van der Waals surface area contributed by atoms with Crippen LogP contribution in [0.5, 0.6) is 23.0 Å². The standard InChI is InChI=1S/C28H32N2O6/c1-32-25-11-10-24(26(33-2)27(25)34-3)28(31)30(17-22-8-4-5-13-29-22)16-20-7-6-9-23(15-20)36-19-21-12-14-35-18-21/h4-11,13,15,21H,12,14,16-19H2,1-3H3/t21-/m0/s1. The molecule has 2 aromatic carbocycles. The number of carbonyl (C=O) groups excluding carboxylic acids is 1. The van der Waals surface area contributed by atoms with Crippen molar-refractivity contribution in [2.75, 3.05) is 41.2 Å². The average molecular weight is 493 g/mol. The third-order valence-electron chi connectivity index (χ3n) is 6.08. The molecule has 36 heavy (non-hydrogen) atoms. The Morgan fingerprint density at radius 3 is 2.56 bits per heavy atom. The van der Waals surface area contributed by atoms with Gasteiger partial charge in [0.15, 0.2) is 11.5 Å². The van der Waals surface area contributed by atoms with Gasteiger partial charge >= 0.3 is 0 Å². The van der Waals surface area contributed by atoms with Crippen molar-refractivity contribution in [3.63, 3.8) is 0 Å². The quantitative estimate of drug-likeness (QED) is 0.393. The van der Waals surface area contributed by atoms with E-state index in [0.29, 0.717) is 48.4 Å². The van der Waals surface area contributed by atoms with E-state index in [-0.39, 0.29) is 5.91 Å². The van der Waals surface area contributed by atoms with Gasteiger partial charge in [-0.25, -0.2) is 0 Å². The number of hydrogen-bond donors (Lipinski definition) is 0. The zero-order valence-corrected chi connectivity index (χ0v) is 20.9. The van der Waals surface area contributed by atoms with Gasteiger partial charge in [-0.2, -0.15) is 0 Å². The topological polar surface area (TPSA) is 79.4 Å². The number of rotatable bonds is 11. The van der Waals surface area contributed by atoms with Gasteiger partial charge in [0, 0.05) is 25.3 Å². The summed E-state index contributed by atoms with van der Waals surface area (Å²) in [5.74, 6) is 2.15. The molecule has 8 nitrogen and oxygen atoms in total. The highest BCUT2D eigenvalue weighted by Crippen LogP contribution is 2.40. The first-order chi connectivity index (χ1) is 17.6. The molecule has 1 saturated heterocycles. The van der Waals surface area contributed by atoms with E-state index in [1.165, 1.54) is 14.2 Å². The molecule has 1 amide bonds. The van der Waals surface area contributed by atoms with Crippen LogP contribution >= 0.6 is 0 Å². The van der Waals surface area contributed by atoms with Crippen LogP contribution in [0.4, 0.5) is 0 Å². The van der Waals surface area contributed by atoms with Crippen molar-refractivity contribution in [2.45, 2.75) is 19.5 Å². The lowest BCUT2D eigenvalue weighted by Gasteiger charge is -2.25. The summed E-state index contributed by atoms with van der Waals surface area (Å²) in [6.07, 6.45) is 2.73. The van der Waals surface area contributed by atoms with Crippen LogP contribution < -0.4 is 18.9 Å². The summed E-state index contributed by atoms with van der Waals surface area (Å²) in [6.45, 7) is 2.82. The second kappa shape index (κ2) is 12.3. The Morgan fingerprint density at radius 2 is 1.86 bits per heavy atom. The lowest BCUT2D eigenvalue weighted by Crippen LogP contribution is -2.31. The summed E-state index contributed by atoms with van der Waals surface area (Å²) in [5.41, 5.74) is 2.09. The van der Waals surface area contributed by atoms with Crippen LogP contribution in [0.3, 0.4) is 0 Å². The molecule has 0 unspecified atom stereocenters. The maximum Gasteiger partial charge on any atom is 0.258 e. The fourth-order valence-corrected chi connectivity index (χ4v) is 4.21. The fraction of sp³-hybridized carbons (Fsp3) is 0.357. The maximum atomic E-state index is 13.9. The van der Waals surface area contributed by atoms with E-state index in [9.17, 15) is 4.79 Å². The first-order valence-electron chi connectivity index (χ1n) is 11.9. The molecule has 1 atom stereocenters. The van der Waals surface area contributed by atoms with Gasteiger partial charge in [-0.1, -0.05) is 18.2 Å². The van der Waals surface area contributed by atoms with Crippen LogP contribution in [0, 0.1) is 5.92 Å². The van der Waals surface area contributed by atoms with Crippen molar-refractivity contribution >= 4 is 5.91 Å². The molecule has 3 aromatic rings. The van der Waals surface area contributed by atoms with Crippen LogP contribution in [-0.4, -0.2) is 56.9 Å². The van der Waals surface area contributed by atoms with Crippen molar-refractivity contribution in [1.29, 1.82) is 0 Å². The van der Waals surface area contributed by atoms with Crippen LogP contribution in [0.2, 0.25) is 0 Å². The summed E-state index contributed by atoms with van der Waals surface area (Å²) in [4.78, 5) is 20.0. The second-order valence-electron chi connectivity index (χ2n) is 8.55. The van der Waals surface area contributed by atoms with E-state index in [1.54, 1.807) is 30.3 Å². The molecular weight excluding hydrogens is 460 g/mol. The molecule has 4 rings (SSSR count). The van der Waals surface area contributed by atoms with E-state index in [0.717, 1.165) is 36.6 Å². The Hall–Kier alpha value is -3.78. The zero-order chi connectivity index (χ0) is 25.3. The minimum absolute atomic E-state index is 0.215. The van der Waals surface area contributed by atoms with Gasteiger partial charge in [0.1, 0.15) is 5.75 Å². The molecule has 0 N–H and O–H groups in total. The van der Waals surface area contributed by atoms with Crippen LogP contribution in [0.15, 0.2) is 60.8 Å². The predicted octanol–water partition coefficient (Wildman–Crippen LogP) is 4.37. The van der Waals surface area contributed by atoms with Crippen molar-refractivity contribution < 1.29 is 28.5 Å². The van der Waals surface area contributed by atoms with E-state index >= 15 is 0 Å². The summed E-state index contributed by atoms with van der Waals surface area (Å²) in [6, 6.07) is 16.9. The van der Waals surface area contributed by atoms with Crippen LogP contribution in [0.1, 0.15) is 28.0 Å². The number of carbonyl (C=O) groups is 1. The summed E-state index contributed by atoms with van der Waals surface area (Å²) in [7, 11) is 4.57. The third-order valence-corrected chi connectivity index (χ3v) is 6.08. The van der Waals surface area contributed by atoms with E-state index in [1.807, 2.05) is 42.5 Å². The number of pyridine rings is 1. The molecule has 2 heterocycles. The minimum atomic E-state index is -0.215. The first kappa shape index (κ1) is 25.3. The molecular formula is C28H32N2O6. The Labute approximate surface area is 211 Å². The highest BCUT2D eigenvalue weighted by atomic mass is 16.5. The molecule has 0 aliphatic carbocycles. The van der Waals surface area contributed by atoms with Gasteiger partial charge in [0.2, 0.25) is 5.75 Å². The Balaban J connectivity index is 1.60. The molecule has 1 aromatic heterocycles. The Morgan fingerprint density at radius 1 is 1.00 bits per heavy atom. The molecule has 0 radical (unpaired) electrons. The summed E-state index contributed by atoms with van der Waals surface area (Å²) in [5, 5.41) is 0. The molecule has 8 heteroatoms. The van der Waals surface area contributed by atoms with Gasteiger partial charge in [-0.3, -0.25) is 9.78 Å². The van der Waals surface area contributed by atoms with Gasteiger partial charge in [0.05, 0.1) is 52.3 Å². The average Bonchev–Trinajstić information content (AvgIpc) is 3.45. The normalized spacial score (nSPS) is 14.8. The molecule has 1 fully saturated rings. The predicted molar refractivity (Wildman–Crippen MR) is 135 cm³/mol. The lowest BCUT2D eigenvalue weighted by molar-refractivity contribution is 0.0723. The SMILES string of the molecule is COc1ccc(C(=O)N(Cc2cccc(OC[C@H]3CCOC3)c2)Cc2ccccn2)c(OC)c1OC. The van der Waals surface area contributed by atoms with Crippen molar-refractivity contribution in [1.82, 2.24) is 9.88 Å². The van der Waals surface area contributed by atoms with Crippen molar-refractivity contribution in [3.8, 4) is 23.0 Å². The van der Waals surface area contributed by atoms with Gasteiger partial charge in [-0.05, 0) is 48.4 Å². The number of benzene rings is 2. The molecule has 1 aliphatic rings. The minimum Gasteiger partial charge on any atom is -0.493 e. The molecule has 0 saturated carbocycles. The molecule has 1 aliphatic heterocycles. The van der Waals surface area contributed by atoms with E-state index < -0.39 is 0 Å². The number of methoxy groups -OCH3 is 3. The number of nitrogens with zero attached hydrogens (tertiary/aromatic N) is 2. The number of amides is 1. The Kier molecular flexibility index (Phi) is 8.62. The number of hydrogen-bond acceptors (Lipinski definition) is 7. The molecule has 190 valence electrons. The lowest BCUT2D eigenvalue weighted by atomic mass is 10.1. The number of aromatic nitrogens is 1. The fourth-order valence-electron chi connectivity index (χ4n) is 4.21. The molecule has 0 spiro atoms. The summed E-state index contributed by atoms with van der Waals surface area (Å²) >= 11 is 0. The number of ether oxygens (including phenoxy) is 5. The third kappa shape index (κ3) is 6.07. The molecule has 0 bridgehead atoms.